The van der Waals surface area contributed by atoms with Crippen LogP contribution in [0, 0.1) is 5.41 Å². The second-order valence-corrected chi connectivity index (χ2v) is 5.96. The standard InChI is InChI=1S/C15H30N2O2/c1-6-10-17(14(18)8-9-16-5)12-11-13(19-7-2)15(12,3)4/h12-13,16H,6-11H2,1-5H3. The monoisotopic (exact) mass is 270 g/mol. The van der Waals surface area contributed by atoms with Crippen molar-refractivity contribution >= 4 is 5.91 Å². The Hall–Kier alpha value is -0.610. The van der Waals surface area contributed by atoms with Crippen LogP contribution < -0.4 is 5.32 Å². The highest BCUT2D eigenvalue weighted by Crippen LogP contribution is 2.46. The second kappa shape index (κ2) is 7.25. The van der Waals surface area contributed by atoms with Crippen LogP contribution in [-0.2, 0) is 9.53 Å². The normalized spacial score (nSPS) is 24.9. The van der Waals surface area contributed by atoms with E-state index < -0.39 is 0 Å². The van der Waals surface area contributed by atoms with Crippen molar-refractivity contribution in [3.8, 4) is 0 Å². The van der Waals surface area contributed by atoms with Crippen LogP contribution in [0.1, 0.15) is 47.0 Å². The summed E-state index contributed by atoms with van der Waals surface area (Å²) in [5, 5.41) is 3.05. The predicted octanol–water partition coefficient (Wildman–Crippen LogP) is 2.04. The molecule has 4 nitrogen and oxygen atoms in total. The number of carbonyl (C=O) groups is 1. The molecule has 1 amide bonds. The summed E-state index contributed by atoms with van der Waals surface area (Å²) < 4.78 is 5.76. The van der Waals surface area contributed by atoms with E-state index >= 15 is 0 Å². The minimum absolute atomic E-state index is 0.0699. The Morgan fingerprint density at radius 3 is 2.58 bits per heavy atom. The SMILES string of the molecule is CCCN(C(=O)CCNC)C1CC(OCC)C1(C)C. The van der Waals surface area contributed by atoms with Crippen LogP contribution in [0.2, 0.25) is 0 Å². The second-order valence-electron chi connectivity index (χ2n) is 5.96. The first-order chi connectivity index (χ1) is 8.98. The molecule has 112 valence electrons. The molecule has 1 rings (SSSR count). The van der Waals surface area contributed by atoms with E-state index in [1.807, 2.05) is 14.0 Å². The summed E-state index contributed by atoms with van der Waals surface area (Å²) >= 11 is 0. The van der Waals surface area contributed by atoms with Crippen LogP contribution in [0.4, 0.5) is 0 Å². The van der Waals surface area contributed by atoms with Crippen molar-refractivity contribution in [1.82, 2.24) is 10.2 Å². The van der Waals surface area contributed by atoms with E-state index in [-0.39, 0.29) is 11.3 Å². The fraction of sp³-hybridized carbons (Fsp3) is 0.933. The van der Waals surface area contributed by atoms with Gasteiger partial charge in [-0.1, -0.05) is 20.8 Å². The third-order valence-corrected chi connectivity index (χ3v) is 4.24. The lowest BCUT2D eigenvalue weighted by atomic mass is 9.63. The zero-order valence-corrected chi connectivity index (χ0v) is 13.2. The van der Waals surface area contributed by atoms with Gasteiger partial charge in [-0.2, -0.15) is 0 Å². The maximum absolute atomic E-state index is 12.3. The molecule has 1 saturated carbocycles. The van der Waals surface area contributed by atoms with Gasteiger partial charge >= 0.3 is 0 Å². The maximum atomic E-state index is 12.3. The summed E-state index contributed by atoms with van der Waals surface area (Å²) in [6.07, 6.45) is 2.87. The number of nitrogens with zero attached hydrogens (tertiary/aromatic N) is 1. The van der Waals surface area contributed by atoms with E-state index in [0.717, 1.165) is 32.5 Å². The Kier molecular flexibility index (Phi) is 6.27. The lowest BCUT2D eigenvalue weighted by molar-refractivity contribution is -0.167. The highest BCUT2D eigenvalue weighted by Gasteiger charge is 2.52. The molecule has 1 N–H and O–H groups in total. The van der Waals surface area contributed by atoms with E-state index in [4.69, 9.17) is 4.74 Å². The average Bonchev–Trinajstić information content (AvgIpc) is 2.38. The number of ether oxygens (including phenoxy) is 1. The Balaban J connectivity index is 2.65. The molecule has 0 spiro atoms. The maximum Gasteiger partial charge on any atom is 0.224 e. The van der Waals surface area contributed by atoms with Gasteiger partial charge in [0.25, 0.3) is 0 Å². The van der Waals surface area contributed by atoms with E-state index in [1.54, 1.807) is 0 Å². The Bertz CT molecular complexity index is 292. The third-order valence-electron chi connectivity index (χ3n) is 4.24. The molecular weight excluding hydrogens is 240 g/mol. The van der Waals surface area contributed by atoms with E-state index in [9.17, 15) is 4.79 Å². The van der Waals surface area contributed by atoms with Gasteiger partial charge in [-0.05, 0) is 26.8 Å². The molecule has 2 unspecified atom stereocenters. The molecule has 0 heterocycles. The van der Waals surface area contributed by atoms with Gasteiger partial charge in [-0.25, -0.2) is 0 Å². The zero-order valence-electron chi connectivity index (χ0n) is 13.2. The molecule has 1 aliphatic rings. The molecule has 0 radical (unpaired) electrons. The molecule has 1 fully saturated rings. The topological polar surface area (TPSA) is 41.6 Å². The molecule has 0 aromatic carbocycles. The number of nitrogens with one attached hydrogen (secondary N) is 1. The fourth-order valence-corrected chi connectivity index (χ4v) is 2.95. The number of amides is 1. The summed E-state index contributed by atoms with van der Waals surface area (Å²) in [4.78, 5) is 14.4. The molecule has 4 heteroatoms. The quantitative estimate of drug-likeness (QED) is 0.734. The Morgan fingerprint density at radius 2 is 2.11 bits per heavy atom. The number of hydrogen-bond donors (Lipinski definition) is 1. The molecule has 19 heavy (non-hydrogen) atoms. The van der Waals surface area contributed by atoms with Crippen molar-refractivity contribution in [3.05, 3.63) is 0 Å². The molecular formula is C15H30N2O2. The number of carbonyl (C=O) groups excluding carboxylic acids is 1. The Labute approximate surface area is 117 Å². The van der Waals surface area contributed by atoms with Gasteiger partial charge in [0.05, 0.1) is 6.10 Å². The van der Waals surface area contributed by atoms with Gasteiger partial charge in [0.1, 0.15) is 0 Å². The lowest BCUT2D eigenvalue weighted by Crippen LogP contribution is -2.63. The van der Waals surface area contributed by atoms with E-state index in [1.165, 1.54) is 0 Å². The molecule has 0 bridgehead atoms. The highest BCUT2D eigenvalue weighted by atomic mass is 16.5. The molecule has 0 aromatic heterocycles. The molecule has 0 aromatic rings. The van der Waals surface area contributed by atoms with Gasteiger partial charge in [-0.15, -0.1) is 0 Å². The summed E-state index contributed by atoms with van der Waals surface area (Å²) in [6.45, 7) is 11.0. The van der Waals surface area contributed by atoms with Crippen molar-refractivity contribution in [3.63, 3.8) is 0 Å². The van der Waals surface area contributed by atoms with Crippen molar-refractivity contribution in [1.29, 1.82) is 0 Å². The molecule has 0 saturated heterocycles. The first-order valence-corrected chi connectivity index (χ1v) is 7.54. The van der Waals surface area contributed by atoms with Crippen LogP contribution in [0.25, 0.3) is 0 Å². The third kappa shape index (κ3) is 3.69. The van der Waals surface area contributed by atoms with Crippen LogP contribution in [0.3, 0.4) is 0 Å². The van der Waals surface area contributed by atoms with Gasteiger partial charge in [0.2, 0.25) is 5.91 Å². The first kappa shape index (κ1) is 16.4. The molecule has 1 aliphatic carbocycles. The van der Waals surface area contributed by atoms with Crippen molar-refractivity contribution in [2.45, 2.75) is 59.1 Å². The molecule has 0 aliphatic heterocycles. The van der Waals surface area contributed by atoms with Gasteiger partial charge in [0, 0.05) is 37.6 Å². The smallest absolute Gasteiger partial charge is 0.224 e. The summed E-state index contributed by atoms with van der Waals surface area (Å²) in [7, 11) is 1.88. The number of hydrogen-bond acceptors (Lipinski definition) is 3. The number of rotatable bonds is 8. The van der Waals surface area contributed by atoms with E-state index in [2.05, 4.69) is 31.0 Å². The van der Waals surface area contributed by atoms with Crippen molar-refractivity contribution < 1.29 is 9.53 Å². The largest absolute Gasteiger partial charge is 0.378 e. The van der Waals surface area contributed by atoms with Gasteiger partial charge < -0.3 is 15.0 Å². The summed E-state index contributed by atoms with van der Waals surface area (Å²) in [5.74, 6) is 0.268. The highest BCUT2D eigenvalue weighted by molar-refractivity contribution is 5.77. The minimum Gasteiger partial charge on any atom is -0.378 e. The van der Waals surface area contributed by atoms with Crippen LogP contribution in [-0.4, -0.2) is 49.7 Å². The van der Waals surface area contributed by atoms with Crippen molar-refractivity contribution in [2.75, 3.05) is 26.7 Å². The van der Waals surface area contributed by atoms with Crippen LogP contribution in [0.15, 0.2) is 0 Å². The fourth-order valence-electron chi connectivity index (χ4n) is 2.95. The van der Waals surface area contributed by atoms with Gasteiger partial charge in [0.15, 0.2) is 0 Å². The zero-order chi connectivity index (χ0) is 14.5. The average molecular weight is 270 g/mol. The predicted molar refractivity (Wildman–Crippen MR) is 78.1 cm³/mol. The summed E-state index contributed by atoms with van der Waals surface area (Å²) in [5.41, 5.74) is 0.0699. The van der Waals surface area contributed by atoms with Crippen molar-refractivity contribution in [2.24, 2.45) is 5.41 Å². The van der Waals surface area contributed by atoms with Gasteiger partial charge in [-0.3, -0.25) is 4.79 Å². The molecule has 2 atom stereocenters. The lowest BCUT2D eigenvalue weighted by Gasteiger charge is -2.55. The van der Waals surface area contributed by atoms with Crippen LogP contribution >= 0.6 is 0 Å². The Morgan fingerprint density at radius 1 is 1.42 bits per heavy atom. The summed E-state index contributed by atoms with van der Waals surface area (Å²) in [6, 6.07) is 0.327. The minimum atomic E-state index is 0.0699. The van der Waals surface area contributed by atoms with Crippen LogP contribution in [0.5, 0.6) is 0 Å². The first-order valence-electron chi connectivity index (χ1n) is 7.54. The van der Waals surface area contributed by atoms with E-state index in [0.29, 0.717) is 18.6 Å².